The summed E-state index contributed by atoms with van der Waals surface area (Å²) in [6.45, 7) is -0.352. The van der Waals surface area contributed by atoms with E-state index < -0.39 is 32.0 Å². The maximum Gasteiger partial charge on any atom is 0.532 e. The molecule has 1 aromatic rings. The quantitative estimate of drug-likeness (QED) is 0.638. The second-order valence-electron chi connectivity index (χ2n) is 4.45. The largest absolute Gasteiger partial charge is 0.532 e. The molecule has 0 aliphatic carbocycles. The van der Waals surface area contributed by atoms with Crippen LogP contribution >= 0.6 is 7.82 Å². The summed E-state index contributed by atoms with van der Waals surface area (Å²) >= 11 is 0. The summed E-state index contributed by atoms with van der Waals surface area (Å²) in [6, 6.07) is 1.44. The minimum Gasteiger partial charge on any atom is -0.449 e. The number of carbonyl (C=O) groups is 1. The first-order valence-corrected chi connectivity index (χ1v) is 7.66. The summed E-state index contributed by atoms with van der Waals surface area (Å²) in [5.74, 6) is 0.0890. The summed E-state index contributed by atoms with van der Waals surface area (Å²) in [7, 11) is -4.69. The van der Waals surface area contributed by atoms with Crippen molar-refractivity contribution in [3.8, 4) is 0 Å². The molecular formula is C10H14N3O8P. The van der Waals surface area contributed by atoms with Gasteiger partial charge in [-0.2, -0.15) is 4.98 Å². The second-order valence-corrected chi connectivity index (χ2v) is 5.83. The van der Waals surface area contributed by atoms with Gasteiger partial charge in [-0.1, -0.05) is 0 Å². The van der Waals surface area contributed by atoms with Crippen LogP contribution in [0.4, 0.5) is 10.6 Å². The number of nitrogen functional groups attached to an aromatic ring is 1. The van der Waals surface area contributed by atoms with Gasteiger partial charge >= 0.3 is 19.7 Å². The molecule has 3 atom stereocenters. The van der Waals surface area contributed by atoms with Crippen molar-refractivity contribution >= 4 is 19.8 Å². The third kappa shape index (κ3) is 4.28. The van der Waals surface area contributed by atoms with Gasteiger partial charge in [-0.15, -0.1) is 0 Å². The van der Waals surface area contributed by atoms with E-state index in [1.807, 2.05) is 0 Å². The van der Waals surface area contributed by atoms with Crippen LogP contribution in [0.3, 0.4) is 0 Å². The molecule has 1 unspecified atom stereocenters. The molecule has 2 heterocycles. The van der Waals surface area contributed by atoms with Gasteiger partial charge in [0.15, 0.2) is 0 Å². The van der Waals surface area contributed by atoms with Crippen LogP contribution in [-0.2, 0) is 18.3 Å². The Morgan fingerprint density at radius 1 is 1.59 bits per heavy atom. The zero-order valence-corrected chi connectivity index (χ0v) is 12.1. The van der Waals surface area contributed by atoms with Gasteiger partial charge in [0.2, 0.25) is 0 Å². The summed E-state index contributed by atoms with van der Waals surface area (Å²) < 4.78 is 26.2. The highest BCUT2D eigenvalue weighted by atomic mass is 31.2. The first kappa shape index (κ1) is 16.4. The fraction of sp³-hybridized carbons (Fsp3) is 0.500. The second kappa shape index (κ2) is 6.44. The van der Waals surface area contributed by atoms with Gasteiger partial charge in [-0.3, -0.25) is 14.0 Å². The third-order valence-corrected chi connectivity index (χ3v) is 3.73. The zero-order chi connectivity index (χ0) is 16.3. The van der Waals surface area contributed by atoms with Crippen LogP contribution in [-0.4, -0.2) is 38.4 Å². The average molecular weight is 335 g/mol. The Morgan fingerprint density at radius 2 is 2.32 bits per heavy atom. The molecule has 12 heteroatoms. The number of hydrogen-bond acceptors (Lipinski definition) is 8. The van der Waals surface area contributed by atoms with E-state index in [-0.39, 0.29) is 12.4 Å². The lowest BCUT2D eigenvalue weighted by atomic mass is 10.2. The highest BCUT2D eigenvalue weighted by Gasteiger charge is 2.32. The Kier molecular flexibility index (Phi) is 4.81. The van der Waals surface area contributed by atoms with Crippen molar-refractivity contribution in [2.45, 2.75) is 25.2 Å². The first-order chi connectivity index (χ1) is 10.3. The molecule has 4 N–H and O–H groups in total. The van der Waals surface area contributed by atoms with E-state index in [0.717, 1.165) is 0 Å². The molecule has 1 fully saturated rings. The van der Waals surface area contributed by atoms with Crippen molar-refractivity contribution in [3.05, 3.63) is 22.7 Å². The van der Waals surface area contributed by atoms with Crippen molar-refractivity contribution in [2.24, 2.45) is 0 Å². The molecule has 0 saturated carbocycles. The van der Waals surface area contributed by atoms with E-state index in [4.69, 9.17) is 20.5 Å². The molecule has 0 aromatic carbocycles. The van der Waals surface area contributed by atoms with Crippen LogP contribution < -0.4 is 11.4 Å². The zero-order valence-electron chi connectivity index (χ0n) is 11.2. The monoisotopic (exact) mass is 335 g/mol. The highest BCUT2D eigenvalue weighted by Crippen LogP contribution is 2.44. The molecule has 0 radical (unpaired) electrons. The SMILES string of the molecule is Nc1ccn([C@H]2CC[C@@H](COP(=O)(O)OC(=O)O)O2)c(=O)n1. The lowest BCUT2D eigenvalue weighted by Crippen LogP contribution is -2.27. The van der Waals surface area contributed by atoms with Gasteiger partial charge < -0.3 is 20.1 Å². The number of hydrogen-bond donors (Lipinski definition) is 3. The van der Waals surface area contributed by atoms with Gasteiger partial charge in [0, 0.05) is 6.20 Å². The normalized spacial score (nSPS) is 23.9. The molecule has 2 rings (SSSR count). The number of nitrogens with two attached hydrogens (primary N) is 1. The molecule has 22 heavy (non-hydrogen) atoms. The van der Waals surface area contributed by atoms with Crippen LogP contribution in [0.25, 0.3) is 0 Å². The highest BCUT2D eigenvalue weighted by molar-refractivity contribution is 7.48. The van der Waals surface area contributed by atoms with E-state index in [0.29, 0.717) is 12.8 Å². The van der Waals surface area contributed by atoms with E-state index in [9.17, 15) is 14.2 Å². The molecule has 11 nitrogen and oxygen atoms in total. The average Bonchev–Trinajstić information content (AvgIpc) is 2.83. The van der Waals surface area contributed by atoms with Crippen LogP contribution in [0.1, 0.15) is 19.1 Å². The number of rotatable bonds is 5. The van der Waals surface area contributed by atoms with Crippen molar-refractivity contribution < 1.29 is 33.1 Å². The van der Waals surface area contributed by atoms with E-state index in [2.05, 4.69) is 14.0 Å². The Balaban J connectivity index is 1.92. The number of phosphoric acid groups is 1. The van der Waals surface area contributed by atoms with Gasteiger partial charge in [-0.25, -0.2) is 14.2 Å². The molecule has 1 aliphatic rings. The number of anilines is 1. The molecule has 1 aromatic heterocycles. The Labute approximate surface area is 123 Å². The predicted octanol–water partition coefficient (Wildman–Crippen LogP) is 0.315. The molecule has 1 aliphatic heterocycles. The van der Waals surface area contributed by atoms with Gasteiger partial charge in [0.25, 0.3) is 0 Å². The maximum absolute atomic E-state index is 11.7. The summed E-state index contributed by atoms with van der Waals surface area (Å²) in [4.78, 5) is 34.5. The molecule has 0 bridgehead atoms. The summed E-state index contributed by atoms with van der Waals surface area (Å²) in [6.07, 6.45) is -0.789. The Hall–Kier alpha value is -1.94. The summed E-state index contributed by atoms with van der Waals surface area (Å²) in [5.41, 5.74) is 4.81. The van der Waals surface area contributed by atoms with Crippen molar-refractivity contribution in [1.82, 2.24) is 9.55 Å². The first-order valence-electron chi connectivity index (χ1n) is 6.17. The van der Waals surface area contributed by atoms with E-state index in [1.54, 1.807) is 0 Å². The molecule has 0 spiro atoms. The number of aromatic nitrogens is 2. The molecule has 122 valence electrons. The van der Waals surface area contributed by atoms with Gasteiger partial charge in [0.05, 0.1) is 12.7 Å². The third-order valence-electron chi connectivity index (χ3n) is 2.86. The van der Waals surface area contributed by atoms with Crippen molar-refractivity contribution in [2.75, 3.05) is 12.3 Å². The topological polar surface area (TPSA) is 163 Å². The van der Waals surface area contributed by atoms with Gasteiger partial charge in [0.1, 0.15) is 12.0 Å². The Morgan fingerprint density at radius 3 is 2.95 bits per heavy atom. The number of carboxylic acid groups (broad SMARTS) is 1. The Bertz CT molecular complexity index is 662. The smallest absolute Gasteiger partial charge is 0.449 e. The number of nitrogens with zero attached hydrogens (tertiary/aromatic N) is 2. The predicted molar refractivity (Wildman–Crippen MR) is 70.9 cm³/mol. The minimum atomic E-state index is -4.69. The number of phosphoric ester groups is 1. The van der Waals surface area contributed by atoms with E-state index >= 15 is 0 Å². The fourth-order valence-electron chi connectivity index (χ4n) is 1.96. The molecular weight excluding hydrogens is 321 g/mol. The van der Waals surface area contributed by atoms with Gasteiger partial charge in [-0.05, 0) is 18.9 Å². The van der Waals surface area contributed by atoms with Crippen LogP contribution in [0.5, 0.6) is 0 Å². The minimum absolute atomic E-state index is 0.0890. The van der Waals surface area contributed by atoms with Crippen LogP contribution in [0.2, 0.25) is 0 Å². The van der Waals surface area contributed by atoms with Crippen LogP contribution in [0.15, 0.2) is 17.1 Å². The molecule has 1 saturated heterocycles. The fourth-order valence-corrected chi connectivity index (χ4v) is 2.57. The van der Waals surface area contributed by atoms with Crippen molar-refractivity contribution in [1.29, 1.82) is 0 Å². The standard InChI is InChI=1S/C10H14N3O8P/c11-7-3-4-13(9(14)12-7)8-2-1-6(20-8)5-19-22(17,18)21-10(15)16/h3-4,6,8H,1-2,5H2,(H,15,16)(H,17,18)(H2,11,12,14)/t6-,8+/m0/s1. The molecule has 0 amide bonds. The van der Waals surface area contributed by atoms with E-state index in [1.165, 1.54) is 16.8 Å². The lowest BCUT2D eigenvalue weighted by Gasteiger charge is -2.16. The van der Waals surface area contributed by atoms with Crippen LogP contribution in [0, 0.1) is 0 Å². The maximum atomic E-state index is 11.7. The number of ether oxygens (including phenoxy) is 1. The lowest BCUT2D eigenvalue weighted by molar-refractivity contribution is -0.0252. The summed E-state index contributed by atoms with van der Waals surface area (Å²) in [5, 5.41) is 8.26. The van der Waals surface area contributed by atoms with Crippen molar-refractivity contribution in [3.63, 3.8) is 0 Å².